The molecule has 1 saturated heterocycles. The predicted octanol–water partition coefficient (Wildman–Crippen LogP) is -0.0542. The van der Waals surface area contributed by atoms with Gasteiger partial charge < -0.3 is 15.7 Å². The van der Waals surface area contributed by atoms with Gasteiger partial charge in [0.25, 0.3) is 0 Å². The van der Waals surface area contributed by atoms with Crippen LogP contribution in [0.25, 0.3) is 0 Å². The quantitative estimate of drug-likeness (QED) is 0.660. The van der Waals surface area contributed by atoms with Gasteiger partial charge >= 0.3 is 0 Å². The Kier molecular flexibility index (Phi) is 4.75. The molecule has 18 heavy (non-hydrogen) atoms. The number of likely N-dealkylation sites (N-methyl/N-ethyl adjacent to an activating group) is 1. The van der Waals surface area contributed by atoms with Crippen LogP contribution in [-0.2, 0) is 4.79 Å². The van der Waals surface area contributed by atoms with Gasteiger partial charge in [-0.05, 0) is 47.7 Å². The second kappa shape index (κ2) is 5.55. The minimum Gasteiger partial charge on any atom is -0.387 e. The topological polar surface area (TPSA) is 64.6 Å². The summed E-state index contributed by atoms with van der Waals surface area (Å²) in [5, 5.41) is 16.4. The van der Waals surface area contributed by atoms with Gasteiger partial charge in [-0.25, -0.2) is 0 Å². The van der Waals surface area contributed by atoms with Crippen LogP contribution in [0.1, 0.15) is 34.1 Å². The van der Waals surface area contributed by atoms with Gasteiger partial charge in [-0.1, -0.05) is 0 Å². The third-order valence-electron chi connectivity index (χ3n) is 3.30. The van der Waals surface area contributed by atoms with Gasteiger partial charge in [0, 0.05) is 18.6 Å². The van der Waals surface area contributed by atoms with E-state index in [2.05, 4.69) is 10.6 Å². The lowest BCUT2D eigenvalue weighted by molar-refractivity contribution is -0.127. The molecule has 1 rings (SSSR count). The molecule has 1 fully saturated rings. The predicted molar refractivity (Wildman–Crippen MR) is 72.4 cm³/mol. The first-order valence-corrected chi connectivity index (χ1v) is 6.58. The van der Waals surface area contributed by atoms with Gasteiger partial charge in [0.2, 0.25) is 5.91 Å². The second-order valence-corrected chi connectivity index (χ2v) is 6.48. The van der Waals surface area contributed by atoms with Crippen molar-refractivity contribution in [3.63, 3.8) is 0 Å². The summed E-state index contributed by atoms with van der Waals surface area (Å²) in [6.45, 7) is 9.72. The number of carbonyl (C=O) groups is 1. The summed E-state index contributed by atoms with van der Waals surface area (Å²) in [6.07, 6.45) is 0.741. The molecule has 0 aromatic rings. The maximum atomic E-state index is 12.0. The van der Waals surface area contributed by atoms with Crippen molar-refractivity contribution in [2.45, 2.75) is 51.3 Å². The molecule has 0 aromatic carbocycles. The summed E-state index contributed by atoms with van der Waals surface area (Å²) in [4.78, 5) is 13.9. The zero-order chi connectivity index (χ0) is 14.0. The molecule has 5 heteroatoms. The first-order chi connectivity index (χ1) is 8.13. The van der Waals surface area contributed by atoms with Gasteiger partial charge in [-0.2, -0.15) is 0 Å². The van der Waals surface area contributed by atoms with E-state index in [1.165, 1.54) is 0 Å². The molecule has 1 aliphatic heterocycles. The molecule has 0 aromatic heterocycles. The highest BCUT2D eigenvalue weighted by molar-refractivity contribution is 5.81. The molecule has 0 saturated carbocycles. The molecule has 1 aliphatic rings. The summed E-state index contributed by atoms with van der Waals surface area (Å²) in [6, 6.07) is -0.242. The molecule has 0 radical (unpaired) electrons. The monoisotopic (exact) mass is 257 g/mol. The minimum atomic E-state index is -0.703. The highest BCUT2D eigenvalue weighted by atomic mass is 16.3. The van der Waals surface area contributed by atoms with Crippen LogP contribution in [0.2, 0.25) is 0 Å². The molecule has 1 heterocycles. The third-order valence-corrected chi connectivity index (χ3v) is 3.30. The van der Waals surface area contributed by atoms with Gasteiger partial charge in [-0.3, -0.25) is 9.69 Å². The number of hydrogen-bond acceptors (Lipinski definition) is 4. The lowest BCUT2D eigenvalue weighted by Crippen LogP contribution is -2.53. The Bertz CT molecular complexity index is 293. The van der Waals surface area contributed by atoms with Crippen molar-refractivity contribution in [1.29, 1.82) is 0 Å². The number of amides is 1. The van der Waals surface area contributed by atoms with Crippen molar-refractivity contribution < 1.29 is 9.90 Å². The zero-order valence-corrected chi connectivity index (χ0v) is 12.2. The molecular weight excluding hydrogens is 230 g/mol. The van der Waals surface area contributed by atoms with E-state index in [0.717, 1.165) is 13.0 Å². The van der Waals surface area contributed by atoms with Crippen molar-refractivity contribution in [3.05, 3.63) is 0 Å². The van der Waals surface area contributed by atoms with E-state index >= 15 is 0 Å². The van der Waals surface area contributed by atoms with Crippen LogP contribution in [0.5, 0.6) is 0 Å². The van der Waals surface area contributed by atoms with Gasteiger partial charge in [0.05, 0.1) is 11.6 Å². The Balaban J connectivity index is 2.50. The Labute approximate surface area is 110 Å². The van der Waals surface area contributed by atoms with Crippen LogP contribution < -0.4 is 10.6 Å². The van der Waals surface area contributed by atoms with E-state index in [9.17, 15) is 9.90 Å². The smallest absolute Gasteiger partial charge is 0.237 e. The van der Waals surface area contributed by atoms with E-state index in [1.807, 2.05) is 39.6 Å². The van der Waals surface area contributed by atoms with Gasteiger partial charge in [0.15, 0.2) is 0 Å². The molecule has 3 N–H and O–H groups in total. The van der Waals surface area contributed by atoms with E-state index in [0.29, 0.717) is 13.1 Å². The van der Waals surface area contributed by atoms with Crippen molar-refractivity contribution in [2.24, 2.45) is 0 Å². The second-order valence-electron chi connectivity index (χ2n) is 6.48. The van der Waals surface area contributed by atoms with Crippen molar-refractivity contribution in [2.75, 3.05) is 26.7 Å². The van der Waals surface area contributed by atoms with Crippen LogP contribution in [0, 0.1) is 0 Å². The van der Waals surface area contributed by atoms with E-state index in [1.54, 1.807) is 0 Å². The average Bonchev–Trinajstić information content (AvgIpc) is 2.60. The zero-order valence-electron chi connectivity index (χ0n) is 12.2. The normalized spacial score (nSPS) is 26.4. The van der Waals surface area contributed by atoms with Crippen LogP contribution in [0.15, 0.2) is 0 Å². The maximum absolute atomic E-state index is 12.0. The molecule has 1 amide bonds. The van der Waals surface area contributed by atoms with E-state index < -0.39 is 5.60 Å². The number of β-amino-alcohol motifs (C(OH)–C–C–N with tert-alkyl or cyclic N) is 1. The summed E-state index contributed by atoms with van der Waals surface area (Å²) in [5.74, 6) is -0.000411. The Morgan fingerprint density at radius 1 is 1.56 bits per heavy atom. The molecule has 0 aliphatic carbocycles. The largest absolute Gasteiger partial charge is 0.387 e. The number of hydrogen-bond donors (Lipinski definition) is 3. The summed E-state index contributed by atoms with van der Waals surface area (Å²) in [5.41, 5.74) is -0.928. The fourth-order valence-corrected chi connectivity index (χ4v) is 2.14. The van der Waals surface area contributed by atoms with E-state index in [-0.39, 0.29) is 17.5 Å². The molecule has 0 spiro atoms. The highest BCUT2D eigenvalue weighted by Crippen LogP contribution is 2.16. The number of aliphatic hydroxyl groups is 1. The Hall–Kier alpha value is -0.650. The van der Waals surface area contributed by atoms with Gasteiger partial charge in [-0.15, -0.1) is 0 Å². The lowest BCUT2D eigenvalue weighted by atomic mass is 10.0. The van der Waals surface area contributed by atoms with Gasteiger partial charge in [0.1, 0.15) is 0 Å². The van der Waals surface area contributed by atoms with Crippen LogP contribution in [0.4, 0.5) is 0 Å². The Morgan fingerprint density at radius 3 is 2.61 bits per heavy atom. The molecule has 5 nitrogen and oxygen atoms in total. The van der Waals surface area contributed by atoms with Crippen LogP contribution >= 0.6 is 0 Å². The standard InChI is InChI=1S/C13H27N3O2/c1-10(11(17)15-12(2,3)4)16(5)9-13(18)6-7-14-8-13/h10,14,18H,6-9H2,1-5H3,(H,15,17). The average molecular weight is 257 g/mol. The SMILES string of the molecule is CC(C(=O)NC(C)(C)C)N(C)CC1(O)CCNC1. The van der Waals surface area contributed by atoms with Crippen LogP contribution in [-0.4, -0.2) is 59.8 Å². The molecular formula is C13H27N3O2. The summed E-state index contributed by atoms with van der Waals surface area (Å²) in [7, 11) is 1.88. The first kappa shape index (κ1) is 15.4. The molecule has 2 atom stereocenters. The third kappa shape index (κ3) is 4.55. The lowest BCUT2D eigenvalue weighted by Gasteiger charge is -2.33. The maximum Gasteiger partial charge on any atom is 0.237 e. The highest BCUT2D eigenvalue weighted by Gasteiger charge is 2.34. The number of nitrogens with one attached hydrogen (secondary N) is 2. The van der Waals surface area contributed by atoms with Crippen molar-refractivity contribution in [1.82, 2.24) is 15.5 Å². The summed E-state index contributed by atoms with van der Waals surface area (Å²) >= 11 is 0. The minimum absolute atomic E-state index is 0.000411. The first-order valence-electron chi connectivity index (χ1n) is 6.58. The fourth-order valence-electron chi connectivity index (χ4n) is 2.14. The summed E-state index contributed by atoms with van der Waals surface area (Å²) < 4.78 is 0. The van der Waals surface area contributed by atoms with Crippen molar-refractivity contribution in [3.8, 4) is 0 Å². The van der Waals surface area contributed by atoms with Crippen LogP contribution in [0.3, 0.4) is 0 Å². The number of nitrogens with zero attached hydrogens (tertiary/aromatic N) is 1. The fraction of sp³-hybridized carbons (Fsp3) is 0.923. The molecule has 0 bridgehead atoms. The number of carbonyl (C=O) groups excluding carboxylic acids is 1. The Morgan fingerprint density at radius 2 is 2.17 bits per heavy atom. The molecule has 106 valence electrons. The molecule has 2 unspecified atom stereocenters. The van der Waals surface area contributed by atoms with E-state index in [4.69, 9.17) is 0 Å². The van der Waals surface area contributed by atoms with Crippen molar-refractivity contribution >= 4 is 5.91 Å². The number of rotatable bonds is 4.